The molecule has 10 heavy (non-hydrogen) atoms. The Bertz CT molecular complexity index is 109. The van der Waals surface area contributed by atoms with Crippen LogP contribution in [-0.2, 0) is 0 Å². The fourth-order valence-corrected chi connectivity index (χ4v) is 1.41. The Morgan fingerprint density at radius 2 is 2.30 bits per heavy atom. The normalized spacial score (nSPS) is 30.1. The summed E-state index contributed by atoms with van der Waals surface area (Å²) in [5, 5.41) is 8.50. The van der Waals surface area contributed by atoms with Crippen LogP contribution in [0.1, 0.15) is 25.7 Å². The minimum Gasteiger partial charge on any atom is -0.396 e. The minimum atomic E-state index is 0.353. The highest BCUT2D eigenvalue weighted by molar-refractivity contribution is 4.97. The summed E-state index contributed by atoms with van der Waals surface area (Å²) in [6.45, 7) is 4.10. The molecule has 1 aliphatic rings. The molecule has 0 aromatic heterocycles. The van der Waals surface area contributed by atoms with Crippen LogP contribution in [0.4, 0.5) is 0 Å². The molecule has 0 unspecified atom stereocenters. The average Bonchev–Trinajstić information content (AvgIpc) is 2.68. The lowest BCUT2D eigenvalue weighted by molar-refractivity contribution is 0.281. The van der Waals surface area contributed by atoms with E-state index in [0.717, 1.165) is 18.3 Å². The Kier molecular flexibility index (Phi) is 2.94. The van der Waals surface area contributed by atoms with Gasteiger partial charge in [0.15, 0.2) is 0 Å². The standard InChI is InChI=1S/C9H16O/c1-2-8-7-9(8)5-3-4-6-10/h2,8-10H,1,3-7H2/t8-,9+/m0/s1. The minimum absolute atomic E-state index is 0.353. The first-order chi connectivity index (χ1) is 4.88. The van der Waals surface area contributed by atoms with Crippen molar-refractivity contribution in [1.29, 1.82) is 0 Å². The van der Waals surface area contributed by atoms with Gasteiger partial charge in [-0.2, -0.15) is 0 Å². The van der Waals surface area contributed by atoms with Crippen molar-refractivity contribution in [2.75, 3.05) is 6.61 Å². The van der Waals surface area contributed by atoms with Gasteiger partial charge in [-0.25, -0.2) is 0 Å². The van der Waals surface area contributed by atoms with Crippen molar-refractivity contribution in [3.05, 3.63) is 12.7 Å². The number of rotatable bonds is 5. The van der Waals surface area contributed by atoms with Crippen LogP contribution in [-0.4, -0.2) is 11.7 Å². The molecular formula is C9H16O. The maximum atomic E-state index is 8.50. The Balaban J connectivity index is 1.91. The molecule has 1 aliphatic carbocycles. The molecule has 1 nitrogen and oxygen atoms in total. The second-order valence-corrected chi connectivity index (χ2v) is 3.11. The maximum Gasteiger partial charge on any atom is 0.0431 e. The van der Waals surface area contributed by atoms with Crippen LogP contribution in [0.5, 0.6) is 0 Å². The second kappa shape index (κ2) is 3.77. The third-order valence-electron chi connectivity index (χ3n) is 2.26. The van der Waals surface area contributed by atoms with Gasteiger partial charge in [-0.1, -0.05) is 12.5 Å². The molecule has 1 fully saturated rings. The van der Waals surface area contributed by atoms with Crippen molar-refractivity contribution in [2.24, 2.45) is 11.8 Å². The lowest BCUT2D eigenvalue weighted by atomic mass is 10.1. The Labute approximate surface area is 62.8 Å². The first kappa shape index (κ1) is 7.80. The van der Waals surface area contributed by atoms with Crippen LogP contribution in [0.2, 0.25) is 0 Å². The SMILES string of the molecule is C=C[C@H]1C[C@H]1CCCCO. The van der Waals surface area contributed by atoms with Crippen molar-refractivity contribution in [1.82, 2.24) is 0 Å². The number of unbranched alkanes of at least 4 members (excludes halogenated alkanes) is 1. The largest absolute Gasteiger partial charge is 0.396 e. The van der Waals surface area contributed by atoms with Crippen molar-refractivity contribution < 1.29 is 5.11 Å². The molecule has 2 atom stereocenters. The molecule has 0 heterocycles. The Morgan fingerprint density at radius 1 is 1.50 bits per heavy atom. The van der Waals surface area contributed by atoms with Gasteiger partial charge in [0.25, 0.3) is 0 Å². The van der Waals surface area contributed by atoms with Gasteiger partial charge in [0.2, 0.25) is 0 Å². The molecule has 0 aromatic carbocycles. The number of aliphatic hydroxyl groups is 1. The quantitative estimate of drug-likeness (QED) is 0.457. The van der Waals surface area contributed by atoms with Gasteiger partial charge in [0.05, 0.1) is 0 Å². The summed E-state index contributed by atoms with van der Waals surface area (Å²) < 4.78 is 0. The molecule has 0 bridgehead atoms. The molecule has 0 amide bonds. The maximum absolute atomic E-state index is 8.50. The predicted molar refractivity (Wildman–Crippen MR) is 42.7 cm³/mol. The molecule has 1 rings (SSSR count). The lowest BCUT2D eigenvalue weighted by Gasteiger charge is -1.94. The molecule has 0 aliphatic heterocycles. The van der Waals surface area contributed by atoms with E-state index in [-0.39, 0.29) is 0 Å². The van der Waals surface area contributed by atoms with E-state index in [4.69, 9.17) is 5.11 Å². The number of aliphatic hydroxyl groups excluding tert-OH is 1. The molecular weight excluding hydrogens is 124 g/mol. The van der Waals surface area contributed by atoms with E-state index in [1.165, 1.54) is 19.3 Å². The van der Waals surface area contributed by atoms with Crippen LogP contribution >= 0.6 is 0 Å². The molecule has 58 valence electrons. The highest BCUT2D eigenvalue weighted by Gasteiger charge is 2.32. The van der Waals surface area contributed by atoms with Gasteiger partial charge in [-0.3, -0.25) is 0 Å². The Morgan fingerprint density at radius 3 is 2.80 bits per heavy atom. The zero-order valence-electron chi connectivity index (χ0n) is 6.42. The zero-order valence-corrected chi connectivity index (χ0v) is 6.42. The van der Waals surface area contributed by atoms with Crippen molar-refractivity contribution in [3.63, 3.8) is 0 Å². The number of hydrogen-bond donors (Lipinski definition) is 1. The lowest BCUT2D eigenvalue weighted by Crippen LogP contribution is -1.85. The molecule has 0 spiro atoms. The van der Waals surface area contributed by atoms with Crippen LogP contribution in [0.15, 0.2) is 12.7 Å². The molecule has 1 saturated carbocycles. The zero-order chi connectivity index (χ0) is 7.40. The summed E-state index contributed by atoms with van der Waals surface area (Å²) >= 11 is 0. The van der Waals surface area contributed by atoms with Crippen molar-refractivity contribution >= 4 is 0 Å². The summed E-state index contributed by atoms with van der Waals surface area (Å²) in [4.78, 5) is 0. The van der Waals surface area contributed by atoms with E-state index in [0.29, 0.717) is 6.61 Å². The highest BCUT2D eigenvalue weighted by atomic mass is 16.2. The topological polar surface area (TPSA) is 20.2 Å². The molecule has 1 N–H and O–H groups in total. The first-order valence-corrected chi connectivity index (χ1v) is 4.12. The first-order valence-electron chi connectivity index (χ1n) is 4.12. The molecule has 0 saturated heterocycles. The van der Waals surface area contributed by atoms with E-state index in [1.54, 1.807) is 0 Å². The highest BCUT2D eigenvalue weighted by Crippen LogP contribution is 2.42. The number of hydrogen-bond acceptors (Lipinski definition) is 1. The second-order valence-electron chi connectivity index (χ2n) is 3.11. The van der Waals surface area contributed by atoms with Crippen molar-refractivity contribution in [2.45, 2.75) is 25.7 Å². The van der Waals surface area contributed by atoms with Gasteiger partial charge in [-0.15, -0.1) is 6.58 Å². The Hall–Kier alpha value is -0.300. The van der Waals surface area contributed by atoms with Gasteiger partial charge in [0, 0.05) is 6.61 Å². The monoisotopic (exact) mass is 140 g/mol. The van der Waals surface area contributed by atoms with Gasteiger partial charge < -0.3 is 5.11 Å². The van der Waals surface area contributed by atoms with Crippen LogP contribution in [0, 0.1) is 11.8 Å². The number of allylic oxidation sites excluding steroid dienone is 1. The van der Waals surface area contributed by atoms with E-state index in [9.17, 15) is 0 Å². The predicted octanol–water partition coefficient (Wildman–Crippen LogP) is 1.97. The summed E-state index contributed by atoms with van der Waals surface area (Å²) in [5.74, 6) is 1.71. The fraction of sp³-hybridized carbons (Fsp3) is 0.778. The summed E-state index contributed by atoms with van der Waals surface area (Å²) in [6, 6.07) is 0. The fourth-order valence-electron chi connectivity index (χ4n) is 1.41. The third-order valence-corrected chi connectivity index (χ3v) is 2.26. The van der Waals surface area contributed by atoms with Gasteiger partial charge in [0.1, 0.15) is 0 Å². The average molecular weight is 140 g/mol. The van der Waals surface area contributed by atoms with Crippen LogP contribution < -0.4 is 0 Å². The van der Waals surface area contributed by atoms with Crippen molar-refractivity contribution in [3.8, 4) is 0 Å². The van der Waals surface area contributed by atoms with Crippen LogP contribution in [0.3, 0.4) is 0 Å². The van der Waals surface area contributed by atoms with E-state index in [2.05, 4.69) is 12.7 Å². The van der Waals surface area contributed by atoms with Gasteiger partial charge >= 0.3 is 0 Å². The third kappa shape index (κ3) is 2.14. The van der Waals surface area contributed by atoms with E-state index >= 15 is 0 Å². The molecule has 0 radical (unpaired) electrons. The van der Waals surface area contributed by atoms with Crippen LogP contribution in [0.25, 0.3) is 0 Å². The summed E-state index contributed by atoms with van der Waals surface area (Å²) in [7, 11) is 0. The molecule has 0 aromatic rings. The van der Waals surface area contributed by atoms with Gasteiger partial charge in [-0.05, 0) is 31.1 Å². The van der Waals surface area contributed by atoms with E-state index < -0.39 is 0 Å². The summed E-state index contributed by atoms with van der Waals surface area (Å²) in [5.41, 5.74) is 0. The molecule has 1 heteroatoms. The van der Waals surface area contributed by atoms with E-state index in [1.807, 2.05) is 0 Å². The summed E-state index contributed by atoms with van der Waals surface area (Å²) in [6.07, 6.45) is 6.85. The smallest absolute Gasteiger partial charge is 0.0431 e.